The summed E-state index contributed by atoms with van der Waals surface area (Å²) in [5.74, 6) is 3.07. The smallest absolute Gasteiger partial charge is 0.317 e. The number of carboxylic acid groups (broad SMARTS) is 1. The summed E-state index contributed by atoms with van der Waals surface area (Å²) >= 11 is 1.83. The van der Waals surface area contributed by atoms with E-state index < -0.39 is 5.97 Å². The van der Waals surface area contributed by atoms with Gasteiger partial charge in [0.2, 0.25) is 0 Å². The molecule has 0 saturated heterocycles. The van der Waals surface area contributed by atoms with E-state index in [0.717, 1.165) is 5.75 Å². The van der Waals surface area contributed by atoms with Crippen molar-refractivity contribution in [2.45, 2.75) is 10.8 Å². The van der Waals surface area contributed by atoms with Crippen LogP contribution in [-0.4, -0.2) is 41.4 Å². The molecule has 0 aliphatic carbocycles. The Balaban J connectivity index is 2.05. The van der Waals surface area contributed by atoms with Gasteiger partial charge in [-0.1, -0.05) is 24.1 Å². The first kappa shape index (κ1) is 13.0. The Bertz CT molecular complexity index is 481. The number of aliphatic carboxylic acids is 1. The van der Waals surface area contributed by atoms with Crippen molar-refractivity contribution in [1.82, 2.24) is 4.90 Å². The lowest BCUT2D eigenvalue weighted by Gasteiger charge is -2.21. The number of nitrogens with zero attached hydrogens (tertiary/aromatic N) is 1. The molecule has 0 saturated carbocycles. The summed E-state index contributed by atoms with van der Waals surface area (Å²) in [6.45, 7) is 1.10. The number of hydrogen-bond acceptors (Lipinski definition) is 3. The van der Waals surface area contributed by atoms with E-state index in [4.69, 9.17) is 11.5 Å². The average Bonchev–Trinajstić information content (AvgIpc) is 2.72. The average molecular weight is 261 g/mol. The van der Waals surface area contributed by atoms with Crippen LogP contribution in [0.25, 0.3) is 0 Å². The van der Waals surface area contributed by atoms with Crippen molar-refractivity contribution in [3.05, 3.63) is 29.8 Å². The molecule has 0 fully saturated rings. The van der Waals surface area contributed by atoms with E-state index in [1.54, 1.807) is 0 Å². The normalized spacial score (nSPS) is 17.4. The summed E-state index contributed by atoms with van der Waals surface area (Å²) in [7, 11) is 0. The highest BCUT2D eigenvalue weighted by Gasteiger charge is 2.25. The van der Waals surface area contributed by atoms with E-state index in [2.05, 4.69) is 18.1 Å². The first-order valence-corrected chi connectivity index (χ1v) is 6.78. The third kappa shape index (κ3) is 3.06. The van der Waals surface area contributed by atoms with Crippen LogP contribution in [0.1, 0.15) is 11.5 Å². The van der Waals surface area contributed by atoms with Gasteiger partial charge >= 0.3 is 5.97 Å². The van der Waals surface area contributed by atoms with E-state index >= 15 is 0 Å². The fourth-order valence-corrected chi connectivity index (χ4v) is 3.44. The largest absolute Gasteiger partial charge is 0.480 e. The van der Waals surface area contributed by atoms with Gasteiger partial charge in [-0.3, -0.25) is 9.69 Å². The lowest BCUT2D eigenvalue weighted by molar-refractivity contribution is -0.138. The molecule has 0 radical (unpaired) electrons. The molecule has 1 unspecified atom stereocenters. The van der Waals surface area contributed by atoms with Crippen molar-refractivity contribution >= 4 is 17.7 Å². The first-order chi connectivity index (χ1) is 8.70. The summed E-state index contributed by atoms with van der Waals surface area (Å²) in [6, 6.07) is 8.29. The molecule has 94 valence electrons. The predicted molar refractivity (Wildman–Crippen MR) is 72.8 cm³/mol. The molecule has 1 atom stereocenters. The van der Waals surface area contributed by atoms with Gasteiger partial charge in [-0.05, 0) is 11.6 Å². The van der Waals surface area contributed by atoms with Gasteiger partial charge in [0.15, 0.2) is 0 Å². The fourth-order valence-electron chi connectivity index (χ4n) is 2.20. The molecule has 0 amide bonds. The monoisotopic (exact) mass is 261 g/mol. The van der Waals surface area contributed by atoms with Crippen molar-refractivity contribution in [2.75, 3.05) is 25.4 Å². The molecule has 0 aromatic heterocycles. The molecule has 1 aromatic rings. The van der Waals surface area contributed by atoms with Crippen LogP contribution in [0.5, 0.6) is 0 Å². The molecular formula is C14H15NO2S. The Kier molecular flexibility index (Phi) is 4.29. The second-order valence-corrected chi connectivity index (χ2v) is 5.38. The van der Waals surface area contributed by atoms with Gasteiger partial charge in [-0.2, -0.15) is 0 Å². The summed E-state index contributed by atoms with van der Waals surface area (Å²) in [6.07, 6.45) is 5.28. The number of hydrogen-bond donors (Lipinski definition) is 1. The Morgan fingerprint density at radius 2 is 2.33 bits per heavy atom. The van der Waals surface area contributed by atoms with Gasteiger partial charge in [-0.15, -0.1) is 18.2 Å². The quantitative estimate of drug-likeness (QED) is 0.822. The van der Waals surface area contributed by atoms with Crippen LogP contribution in [0.2, 0.25) is 0 Å². The third-order valence-corrected chi connectivity index (χ3v) is 4.20. The number of carboxylic acids is 1. The van der Waals surface area contributed by atoms with Crippen LogP contribution in [-0.2, 0) is 4.79 Å². The highest BCUT2D eigenvalue weighted by atomic mass is 32.2. The summed E-state index contributed by atoms with van der Waals surface area (Å²) in [4.78, 5) is 13.9. The number of carbonyl (C=O) groups is 1. The maximum Gasteiger partial charge on any atom is 0.317 e. The molecule has 2 rings (SSSR count). The summed E-state index contributed by atoms with van der Waals surface area (Å²) in [5.41, 5.74) is 1.31. The van der Waals surface area contributed by atoms with Gasteiger partial charge in [0, 0.05) is 23.1 Å². The maximum atomic E-state index is 10.8. The minimum absolute atomic E-state index is 0.00747. The van der Waals surface area contributed by atoms with E-state index in [9.17, 15) is 4.79 Å². The van der Waals surface area contributed by atoms with Crippen molar-refractivity contribution in [3.63, 3.8) is 0 Å². The zero-order valence-electron chi connectivity index (χ0n) is 10.0. The molecule has 1 N–H and O–H groups in total. The highest BCUT2D eigenvalue weighted by Crippen LogP contribution is 2.39. The van der Waals surface area contributed by atoms with E-state index in [-0.39, 0.29) is 6.54 Å². The van der Waals surface area contributed by atoms with Crippen molar-refractivity contribution in [2.24, 2.45) is 0 Å². The molecule has 0 bridgehead atoms. The van der Waals surface area contributed by atoms with Crippen LogP contribution < -0.4 is 0 Å². The zero-order chi connectivity index (χ0) is 13.0. The summed E-state index contributed by atoms with van der Waals surface area (Å²) < 4.78 is 0. The van der Waals surface area contributed by atoms with Crippen LogP contribution in [0.3, 0.4) is 0 Å². The Labute approximate surface area is 111 Å². The standard InChI is InChI=1S/C14H15NO2S/c1-2-7-15(9-14(16)17)8-11-10-18-13-6-4-3-5-12(11)13/h1,3-6,11H,7-10H2,(H,16,17). The molecular weight excluding hydrogens is 246 g/mol. The van der Waals surface area contributed by atoms with Gasteiger partial charge in [0.05, 0.1) is 13.1 Å². The fraction of sp³-hybridized carbons (Fsp3) is 0.357. The molecule has 1 aliphatic rings. The van der Waals surface area contributed by atoms with Gasteiger partial charge in [0.1, 0.15) is 0 Å². The van der Waals surface area contributed by atoms with Gasteiger partial charge in [0.25, 0.3) is 0 Å². The lowest BCUT2D eigenvalue weighted by Crippen LogP contribution is -2.34. The topological polar surface area (TPSA) is 40.5 Å². The van der Waals surface area contributed by atoms with E-state index in [1.165, 1.54) is 10.5 Å². The SMILES string of the molecule is C#CCN(CC(=O)O)CC1CSc2ccccc21. The van der Waals surface area contributed by atoms with E-state index in [1.807, 2.05) is 28.8 Å². The molecule has 1 aromatic carbocycles. The van der Waals surface area contributed by atoms with Crippen molar-refractivity contribution in [1.29, 1.82) is 0 Å². The molecule has 0 spiro atoms. The predicted octanol–water partition coefficient (Wildman–Crippen LogP) is 1.90. The molecule has 4 heteroatoms. The van der Waals surface area contributed by atoms with Crippen LogP contribution >= 0.6 is 11.8 Å². The Hall–Kier alpha value is -1.44. The van der Waals surface area contributed by atoms with Crippen LogP contribution in [0.4, 0.5) is 0 Å². The Morgan fingerprint density at radius 1 is 1.56 bits per heavy atom. The lowest BCUT2D eigenvalue weighted by atomic mass is 10.0. The second kappa shape index (κ2) is 5.94. The molecule has 1 aliphatic heterocycles. The Morgan fingerprint density at radius 3 is 3.06 bits per heavy atom. The number of rotatable bonds is 5. The second-order valence-electron chi connectivity index (χ2n) is 4.31. The number of fused-ring (bicyclic) bond motifs is 1. The highest BCUT2D eigenvalue weighted by molar-refractivity contribution is 7.99. The zero-order valence-corrected chi connectivity index (χ0v) is 10.8. The van der Waals surface area contributed by atoms with Crippen molar-refractivity contribution < 1.29 is 9.90 Å². The van der Waals surface area contributed by atoms with Gasteiger partial charge < -0.3 is 5.11 Å². The van der Waals surface area contributed by atoms with Crippen molar-refractivity contribution in [3.8, 4) is 12.3 Å². The first-order valence-electron chi connectivity index (χ1n) is 5.80. The molecule has 3 nitrogen and oxygen atoms in total. The molecule has 18 heavy (non-hydrogen) atoms. The minimum atomic E-state index is -0.829. The maximum absolute atomic E-state index is 10.8. The van der Waals surface area contributed by atoms with Crippen LogP contribution in [0, 0.1) is 12.3 Å². The van der Waals surface area contributed by atoms with Crippen LogP contribution in [0.15, 0.2) is 29.2 Å². The van der Waals surface area contributed by atoms with E-state index in [0.29, 0.717) is 19.0 Å². The number of benzene rings is 1. The number of thioether (sulfide) groups is 1. The minimum Gasteiger partial charge on any atom is -0.480 e. The third-order valence-electron chi connectivity index (χ3n) is 2.95. The molecule has 1 heterocycles. The summed E-state index contributed by atoms with van der Waals surface area (Å²) in [5, 5.41) is 8.86. The van der Waals surface area contributed by atoms with Gasteiger partial charge in [-0.25, -0.2) is 0 Å². The number of terminal acetylenes is 1.